The van der Waals surface area contributed by atoms with Crippen molar-refractivity contribution in [1.29, 1.82) is 0 Å². The molecule has 1 aromatic carbocycles. The third-order valence-electron chi connectivity index (χ3n) is 4.35. The number of benzene rings is 1. The smallest absolute Gasteiger partial charge is 0.299 e. The summed E-state index contributed by atoms with van der Waals surface area (Å²) in [6.07, 6.45) is -0.721. The number of hydrogen-bond donors (Lipinski definition) is 1. The van der Waals surface area contributed by atoms with Gasteiger partial charge < -0.3 is 14.7 Å². The third-order valence-corrected chi connectivity index (χ3v) is 4.35. The fraction of sp³-hybridized carbons (Fsp3) is 0.353. The second-order valence-electron chi connectivity index (χ2n) is 6.19. The second-order valence-corrected chi connectivity index (χ2v) is 6.19. The van der Waals surface area contributed by atoms with Crippen molar-refractivity contribution in [3.05, 3.63) is 41.7 Å². The van der Waals surface area contributed by atoms with Gasteiger partial charge in [-0.05, 0) is 42.7 Å². The highest BCUT2D eigenvalue weighted by Gasteiger charge is 2.31. The van der Waals surface area contributed by atoms with E-state index in [2.05, 4.69) is 20.2 Å². The van der Waals surface area contributed by atoms with Crippen LogP contribution in [0.5, 0.6) is 11.5 Å². The van der Waals surface area contributed by atoms with Crippen molar-refractivity contribution >= 4 is 11.5 Å². The minimum Gasteiger partial charge on any atom is -0.504 e. The van der Waals surface area contributed by atoms with Crippen LogP contribution < -0.4 is 9.64 Å². The van der Waals surface area contributed by atoms with Gasteiger partial charge in [-0.2, -0.15) is 4.52 Å². The van der Waals surface area contributed by atoms with Gasteiger partial charge in [-0.15, -0.1) is 15.3 Å². The van der Waals surface area contributed by atoms with E-state index in [1.165, 1.54) is 7.11 Å². The molecule has 1 fully saturated rings. The zero-order chi connectivity index (χ0) is 18.3. The standard InChI is InChI=1S/C17H17F2N5O2/c1-26-13-8-10(2-5-12(13)25)9-23(11-3-4-11)15-7-6-14-20-21-17(16(18)19)24(14)22-15/h2,5-8,11,16,25H,3-4,9H2,1H3. The fourth-order valence-electron chi connectivity index (χ4n) is 2.89. The molecule has 26 heavy (non-hydrogen) atoms. The SMILES string of the molecule is COc1cc(CN(c2ccc3nnc(C(F)F)n3n2)C2CC2)ccc1O. The lowest BCUT2D eigenvalue weighted by Gasteiger charge is -2.24. The van der Waals surface area contributed by atoms with Gasteiger partial charge in [-0.1, -0.05) is 6.07 Å². The Bertz CT molecular complexity index is 942. The van der Waals surface area contributed by atoms with E-state index in [0.29, 0.717) is 24.2 Å². The van der Waals surface area contributed by atoms with Crippen LogP contribution in [0.4, 0.5) is 14.6 Å². The zero-order valence-corrected chi connectivity index (χ0v) is 14.0. The van der Waals surface area contributed by atoms with E-state index in [0.717, 1.165) is 22.9 Å². The molecule has 0 spiro atoms. The molecule has 1 aliphatic rings. The predicted octanol–water partition coefficient (Wildman–Crippen LogP) is 2.95. The van der Waals surface area contributed by atoms with Crippen molar-refractivity contribution < 1.29 is 18.6 Å². The lowest BCUT2D eigenvalue weighted by atomic mass is 10.2. The van der Waals surface area contributed by atoms with Crippen LogP contribution in [0.15, 0.2) is 30.3 Å². The number of halogens is 2. The largest absolute Gasteiger partial charge is 0.504 e. The first-order valence-electron chi connectivity index (χ1n) is 8.20. The summed E-state index contributed by atoms with van der Waals surface area (Å²) in [5.41, 5.74) is 1.21. The van der Waals surface area contributed by atoms with Crippen LogP contribution in [0.25, 0.3) is 5.65 Å². The highest BCUT2D eigenvalue weighted by molar-refractivity contribution is 5.49. The van der Waals surface area contributed by atoms with Crippen molar-refractivity contribution in [2.45, 2.75) is 31.9 Å². The molecule has 2 heterocycles. The van der Waals surface area contributed by atoms with E-state index in [1.54, 1.807) is 30.3 Å². The maximum atomic E-state index is 13.1. The van der Waals surface area contributed by atoms with Gasteiger partial charge in [-0.25, -0.2) is 8.78 Å². The van der Waals surface area contributed by atoms with E-state index < -0.39 is 12.2 Å². The summed E-state index contributed by atoms with van der Waals surface area (Å²) < 4.78 is 32.4. The van der Waals surface area contributed by atoms with E-state index in [9.17, 15) is 13.9 Å². The van der Waals surface area contributed by atoms with Gasteiger partial charge in [0.2, 0.25) is 5.82 Å². The topological polar surface area (TPSA) is 75.8 Å². The van der Waals surface area contributed by atoms with E-state index in [4.69, 9.17) is 4.74 Å². The normalized spacial score (nSPS) is 14.2. The van der Waals surface area contributed by atoms with Crippen LogP contribution in [0, 0.1) is 0 Å². The lowest BCUT2D eigenvalue weighted by molar-refractivity contribution is 0.137. The summed E-state index contributed by atoms with van der Waals surface area (Å²) in [5.74, 6) is 0.568. The summed E-state index contributed by atoms with van der Waals surface area (Å²) >= 11 is 0. The number of hydrogen-bond acceptors (Lipinski definition) is 6. The van der Waals surface area contributed by atoms with Crippen molar-refractivity contribution in [3.8, 4) is 11.5 Å². The number of phenolic OH excluding ortho intramolecular Hbond substituents is 1. The second kappa shape index (κ2) is 6.40. The molecule has 0 aliphatic heterocycles. The first kappa shape index (κ1) is 16.5. The molecule has 0 saturated heterocycles. The summed E-state index contributed by atoms with van der Waals surface area (Å²) in [5, 5.41) is 21.3. The molecule has 0 unspecified atom stereocenters. The van der Waals surface area contributed by atoms with Gasteiger partial charge in [0.05, 0.1) is 7.11 Å². The van der Waals surface area contributed by atoms with Gasteiger partial charge in [0.1, 0.15) is 5.82 Å². The molecule has 4 rings (SSSR count). The molecule has 0 radical (unpaired) electrons. The van der Waals surface area contributed by atoms with Crippen molar-refractivity contribution in [1.82, 2.24) is 19.8 Å². The Morgan fingerprint density at radius 3 is 2.77 bits per heavy atom. The number of anilines is 1. The molecule has 136 valence electrons. The third kappa shape index (κ3) is 3.00. The Morgan fingerprint density at radius 1 is 1.27 bits per heavy atom. The molecule has 2 aromatic heterocycles. The van der Waals surface area contributed by atoms with Crippen LogP contribution in [-0.2, 0) is 6.54 Å². The van der Waals surface area contributed by atoms with Crippen molar-refractivity contribution in [2.75, 3.05) is 12.0 Å². The predicted molar refractivity (Wildman–Crippen MR) is 89.6 cm³/mol. The Morgan fingerprint density at radius 2 is 2.08 bits per heavy atom. The molecule has 1 aliphatic carbocycles. The monoisotopic (exact) mass is 361 g/mol. The van der Waals surface area contributed by atoms with Gasteiger partial charge in [0.25, 0.3) is 6.43 Å². The van der Waals surface area contributed by atoms with Gasteiger partial charge >= 0.3 is 0 Å². The molecule has 0 amide bonds. The molecule has 1 N–H and O–H groups in total. The molecule has 0 atom stereocenters. The van der Waals surface area contributed by atoms with Gasteiger partial charge in [-0.3, -0.25) is 0 Å². The Hall–Kier alpha value is -2.97. The lowest BCUT2D eigenvalue weighted by Crippen LogP contribution is -2.26. The van der Waals surface area contributed by atoms with E-state index in [-0.39, 0.29) is 11.4 Å². The average Bonchev–Trinajstić information content (AvgIpc) is 3.38. The van der Waals surface area contributed by atoms with Crippen LogP contribution in [0.1, 0.15) is 30.7 Å². The van der Waals surface area contributed by atoms with Crippen molar-refractivity contribution in [3.63, 3.8) is 0 Å². The van der Waals surface area contributed by atoms with E-state index in [1.807, 2.05) is 0 Å². The minimum absolute atomic E-state index is 0.0693. The number of nitrogens with zero attached hydrogens (tertiary/aromatic N) is 5. The highest BCUT2D eigenvalue weighted by Crippen LogP contribution is 2.34. The zero-order valence-electron chi connectivity index (χ0n) is 14.0. The van der Waals surface area contributed by atoms with Gasteiger partial charge in [0.15, 0.2) is 17.1 Å². The number of aromatic nitrogens is 4. The van der Waals surface area contributed by atoms with Crippen LogP contribution in [0.3, 0.4) is 0 Å². The number of ether oxygens (including phenoxy) is 1. The Balaban J connectivity index is 1.68. The molecule has 3 aromatic rings. The number of alkyl halides is 2. The first-order valence-corrected chi connectivity index (χ1v) is 8.20. The molecule has 7 nitrogen and oxygen atoms in total. The fourth-order valence-corrected chi connectivity index (χ4v) is 2.89. The van der Waals surface area contributed by atoms with Crippen LogP contribution in [-0.4, -0.2) is 38.1 Å². The highest BCUT2D eigenvalue weighted by atomic mass is 19.3. The Kier molecular flexibility index (Phi) is 4.06. The minimum atomic E-state index is -2.75. The average molecular weight is 361 g/mol. The number of phenols is 1. The summed E-state index contributed by atoms with van der Waals surface area (Å²) in [6, 6.07) is 8.82. The first-order chi connectivity index (χ1) is 12.6. The number of fused-ring (bicyclic) bond motifs is 1. The molecule has 9 heteroatoms. The summed E-state index contributed by atoms with van der Waals surface area (Å²) in [6.45, 7) is 0.520. The molecular formula is C17H17F2N5O2. The number of aromatic hydroxyl groups is 1. The van der Waals surface area contributed by atoms with Gasteiger partial charge in [0, 0.05) is 12.6 Å². The quantitative estimate of drug-likeness (QED) is 0.728. The molecule has 1 saturated carbocycles. The number of rotatable bonds is 6. The number of methoxy groups -OCH3 is 1. The van der Waals surface area contributed by atoms with Crippen molar-refractivity contribution in [2.24, 2.45) is 0 Å². The molecular weight excluding hydrogens is 344 g/mol. The van der Waals surface area contributed by atoms with Crippen LogP contribution in [0.2, 0.25) is 0 Å². The maximum absolute atomic E-state index is 13.1. The maximum Gasteiger partial charge on any atom is 0.299 e. The Labute approximate surface area is 147 Å². The summed E-state index contributed by atoms with van der Waals surface area (Å²) in [7, 11) is 1.49. The van der Waals surface area contributed by atoms with Crippen LogP contribution >= 0.6 is 0 Å². The molecule has 0 bridgehead atoms. The van der Waals surface area contributed by atoms with E-state index >= 15 is 0 Å². The summed E-state index contributed by atoms with van der Waals surface area (Å²) in [4.78, 5) is 2.06.